The number of fused-ring (bicyclic) bond motifs is 6. The Morgan fingerprint density at radius 1 is 0.589 bits per heavy atom. The van der Waals surface area contributed by atoms with Crippen LogP contribution in [0.4, 0.5) is 4.39 Å². The van der Waals surface area contributed by atoms with Crippen molar-refractivity contribution in [3.63, 3.8) is 0 Å². The first-order valence-electron chi connectivity index (χ1n) is 18.3. The van der Waals surface area contributed by atoms with Gasteiger partial charge in [0.05, 0.1) is 11.2 Å². The molecule has 275 valence electrons. The van der Waals surface area contributed by atoms with Gasteiger partial charge in [-0.2, -0.15) is 0 Å². The van der Waals surface area contributed by atoms with Crippen molar-refractivity contribution in [3.8, 4) is 33.6 Å². The first-order valence-corrected chi connectivity index (χ1v) is 18.3. The van der Waals surface area contributed by atoms with Crippen molar-refractivity contribution in [3.05, 3.63) is 192 Å². The molecule has 10 aromatic rings. The summed E-state index contributed by atoms with van der Waals surface area (Å²) in [6, 6.07) is 52.3. The Morgan fingerprint density at radius 2 is 1.39 bits per heavy atom. The van der Waals surface area contributed by atoms with Crippen LogP contribution in [0, 0.1) is 31.8 Å². The number of nitrogens with zero attached hydrogens (tertiary/aromatic N) is 2. The predicted octanol–water partition coefficient (Wildman–Crippen LogP) is 13.5. The summed E-state index contributed by atoms with van der Waals surface area (Å²) < 4.78 is 25.5. The van der Waals surface area contributed by atoms with Gasteiger partial charge in [-0.05, 0) is 95.0 Å². The van der Waals surface area contributed by atoms with Gasteiger partial charge in [-0.3, -0.25) is 0 Å². The van der Waals surface area contributed by atoms with Crippen molar-refractivity contribution >= 4 is 43.9 Å². The number of rotatable bonds is 5. The van der Waals surface area contributed by atoms with Crippen molar-refractivity contribution in [2.45, 2.75) is 26.7 Å². The van der Waals surface area contributed by atoms with E-state index < -0.39 is 0 Å². The van der Waals surface area contributed by atoms with Gasteiger partial charge in [0.25, 0.3) is 0 Å². The van der Waals surface area contributed by atoms with Gasteiger partial charge in [0, 0.05) is 49.2 Å². The third kappa shape index (κ3) is 7.17. The van der Waals surface area contributed by atoms with Gasteiger partial charge < -0.3 is 18.8 Å². The van der Waals surface area contributed by atoms with E-state index in [1.807, 2.05) is 55.6 Å². The second-order valence-electron chi connectivity index (χ2n) is 14.0. The maximum Gasteiger partial charge on any atom is 0.123 e. The maximum absolute atomic E-state index is 13.3. The molecule has 6 heteroatoms. The number of furan rings is 2. The van der Waals surface area contributed by atoms with E-state index in [1.54, 1.807) is 18.3 Å². The molecular weight excluding hydrogens is 872 g/mol. The van der Waals surface area contributed by atoms with Crippen molar-refractivity contribution in [2.24, 2.45) is 0 Å². The Hall–Kier alpha value is -6.20. The van der Waals surface area contributed by atoms with Gasteiger partial charge in [0.2, 0.25) is 0 Å². The number of pyridine rings is 2. The molecule has 56 heavy (non-hydrogen) atoms. The van der Waals surface area contributed by atoms with Crippen molar-refractivity contribution in [1.29, 1.82) is 0 Å². The van der Waals surface area contributed by atoms with Crippen LogP contribution in [0.5, 0.6) is 0 Å². The minimum absolute atomic E-state index is 0. The first-order chi connectivity index (χ1) is 26.9. The van der Waals surface area contributed by atoms with E-state index in [-0.39, 0.29) is 31.8 Å². The third-order valence-corrected chi connectivity index (χ3v) is 10.2. The fraction of sp³-hybridized carbons (Fsp3) is 0.0800. The Labute approximate surface area is 338 Å². The molecule has 0 amide bonds. The van der Waals surface area contributed by atoms with Gasteiger partial charge in [0.15, 0.2) is 0 Å². The number of aromatic nitrogens is 2. The van der Waals surface area contributed by atoms with E-state index in [0.29, 0.717) is 0 Å². The van der Waals surface area contributed by atoms with Gasteiger partial charge in [-0.15, -0.1) is 42.0 Å². The largest absolute Gasteiger partial charge is 0.501 e. The number of hydrogen-bond donors (Lipinski definition) is 0. The fourth-order valence-electron chi connectivity index (χ4n) is 7.14. The second-order valence-corrected chi connectivity index (χ2v) is 14.0. The van der Waals surface area contributed by atoms with Gasteiger partial charge in [-0.1, -0.05) is 102 Å². The van der Waals surface area contributed by atoms with E-state index in [1.165, 1.54) is 28.8 Å². The summed E-state index contributed by atoms with van der Waals surface area (Å²) in [6.07, 6.45) is 3.65. The fourth-order valence-corrected chi connectivity index (χ4v) is 7.14. The predicted molar refractivity (Wildman–Crippen MR) is 220 cm³/mol. The smallest absolute Gasteiger partial charge is 0.123 e. The van der Waals surface area contributed by atoms with Crippen LogP contribution in [-0.2, 0) is 20.1 Å². The molecule has 0 aliphatic heterocycles. The summed E-state index contributed by atoms with van der Waals surface area (Å²) in [5, 5.41) is 4.37. The molecule has 0 spiro atoms. The van der Waals surface area contributed by atoms with Crippen LogP contribution < -0.4 is 0 Å². The Balaban J connectivity index is 0.000000172. The quantitative estimate of drug-likeness (QED) is 0.161. The van der Waals surface area contributed by atoms with Gasteiger partial charge in [-0.25, -0.2) is 4.39 Å². The molecule has 6 aromatic carbocycles. The zero-order valence-electron chi connectivity index (χ0n) is 30.9. The van der Waals surface area contributed by atoms with Crippen molar-refractivity contribution in [2.75, 3.05) is 0 Å². The van der Waals surface area contributed by atoms with E-state index >= 15 is 0 Å². The van der Waals surface area contributed by atoms with Crippen LogP contribution in [0.1, 0.15) is 35.1 Å². The van der Waals surface area contributed by atoms with E-state index in [0.717, 1.165) is 83.1 Å². The Morgan fingerprint density at radius 3 is 2.20 bits per heavy atom. The summed E-state index contributed by atoms with van der Waals surface area (Å²) in [7, 11) is 0. The minimum Gasteiger partial charge on any atom is -0.501 e. The Bertz CT molecular complexity index is 2970. The molecule has 0 bridgehead atoms. The number of aryl methyl sites for hydroxylation is 2. The zero-order valence-corrected chi connectivity index (χ0v) is 33.3. The van der Waals surface area contributed by atoms with Crippen molar-refractivity contribution < 1.29 is 33.3 Å². The molecule has 1 atom stereocenters. The average Bonchev–Trinajstić information content (AvgIpc) is 3.79. The molecule has 10 rings (SSSR count). The van der Waals surface area contributed by atoms with Crippen LogP contribution in [0.25, 0.3) is 77.5 Å². The standard InChI is InChI=1S/C31H21FNO.C19H14NO.Ir/c1-20(21-5-3-2-4-6-21)23-9-13-30-27(17-23)28-18-25(10-14-31(28)34-30)29-19-24(15-16-33-29)22-7-11-26(32)12-8-22;1-12-6-8-14-15-4-3-5-16(19(15)21-18(14)10-12)17-9-7-13(2)11-20-17;/h2-9,11-20H,1H3;3-4,6-11H,1-2H3;/q2*-1;. The topological polar surface area (TPSA) is 52.1 Å². The molecule has 4 heterocycles. The van der Waals surface area contributed by atoms with E-state index in [9.17, 15) is 4.39 Å². The maximum atomic E-state index is 13.3. The minimum atomic E-state index is -0.246. The third-order valence-electron chi connectivity index (χ3n) is 10.2. The van der Waals surface area contributed by atoms with Crippen LogP contribution in [-0.4, -0.2) is 9.97 Å². The normalized spacial score (nSPS) is 11.7. The second kappa shape index (κ2) is 15.5. The van der Waals surface area contributed by atoms with Gasteiger partial charge >= 0.3 is 0 Å². The van der Waals surface area contributed by atoms with Gasteiger partial charge in [0.1, 0.15) is 17.0 Å². The molecular formula is C50H35FIrN2O2-2. The zero-order chi connectivity index (χ0) is 37.5. The molecule has 1 unspecified atom stereocenters. The van der Waals surface area contributed by atoms with E-state index in [4.69, 9.17) is 8.83 Å². The SMILES string of the molecule is CC(c1ccccc1)c1ccc2oc3c[c-]c(-c4cc(-c5ccc(F)cc5)ccn4)cc3c2c1.Cc1ccc(-c2[c-]ccc3c2oc2cc(C)ccc23)nc1.[Ir]. The van der Waals surface area contributed by atoms with Crippen LogP contribution in [0.2, 0.25) is 0 Å². The molecule has 0 aliphatic carbocycles. The van der Waals surface area contributed by atoms with Crippen LogP contribution in [0.3, 0.4) is 0 Å². The summed E-state index contributed by atoms with van der Waals surface area (Å²) in [5.74, 6) is 0.0314. The van der Waals surface area contributed by atoms with E-state index in [2.05, 4.69) is 109 Å². The molecule has 0 fully saturated rings. The molecule has 0 aliphatic rings. The summed E-state index contributed by atoms with van der Waals surface area (Å²) in [5.41, 5.74) is 13.7. The monoisotopic (exact) mass is 907 g/mol. The summed E-state index contributed by atoms with van der Waals surface area (Å²) in [6.45, 7) is 6.33. The number of hydrogen-bond acceptors (Lipinski definition) is 4. The first kappa shape index (κ1) is 36.8. The molecule has 4 aromatic heterocycles. The number of halogens is 1. The molecule has 0 saturated carbocycles. The van der Waals surface area contributed by atoms with Crippen LogP contribution >= 0.6 is 0 Å². The van der Waals surface area contributed by atoms with Crippen LogP contribution in [0.15, 0.2) is 161 Å². The molecule has 1 radical (unpaired) electrons. The molecule has 4 nitrogen and oxygen atoms in total. The molecule has 0 N–H and O–H groups in total. The summed E-state index contributed by atoms with van der Waals surface area (Å²) in [4.78, 5) is 9.07. The Kier molecular flexibility index (Phi) is 10.2. The summed E-state index contributed by atoms with van der Waals surface area (Å²) >= 11 is 0. The number of benzene rings is 6. The average molecular weight is 907 g/mol. The van der Waals surface area contributed by atoms with Crippen molar-refractivity contribution in [1.82, 2.24) is 9.97 Å². The molecule has 0 saturated heterocycles.